The Bertz CT molecular complexity index is 2970. The van der Waals surface area contributed by atoms with Crippen LogP contribution in [0.15, 0.2) is 0 Å². The monoisotopic (exact) mass is 678 g/mol. The first-order valence-corrected chi connectivity index (χ1v) is 19.5. The Hall–Kier alpha value is -4.42. The molecule has 0 atom stereocenters. The lowest BCUT2D eigenvalue weighted by Crippen LogP contribution is -2.06. The molecule has 0 N–H and O–H groups in total. The van der Waals surface area contributed by atoms with E-state index in [1.165, 1.54) is 186 Å². The number of benzene rings is 9. The van der Waals surface area contributed by atoms with Crippen LogP contribution in [0.1, 0.15) is 100 Å². The Balaban J connectivity index is 1.89. The normalized spacial score (nSPS) is 12.8. The van der Waals surface area contributed by atoms with Gasteiger partial charge in [-0.1, -0.05) is 0 Å². The summed E-state index contributed by atoms with van der Waals surface area (Å²) in [4.78, 5) is 0. The highest BCUT2D eigenvalue weighted by Crippen LogP contribution is 2.57. The summed E-state index contributed by atoms with van der Waals surface area (Å²) in [5.74, 6) is 0. The second-order valence-electron chi connectivity index (χ2n) is 17.2. The van der Waals surface area contributed by atoms with Crippen LogP contribution in [0.5, 0.6) is 0 Å². The maximum absolute atomic E-state index is 2.43. The Labute approximate surface area is 309 Å². The Kier molecular flexibility index (Phi) is 6.53. The zero-order chi connectivity index (χ0) is 37.6. The van der Waals surface area contributed by atoms with Gasteiger partial charge in [0.05, 0.1) is 0 Å². The van der Waals surface area contributed by atoms with Crippen molar-refractivity contribution in [3.05, 3.63) is 100 Å². The molecular formula is C52H54. The van der Waals surface area contributed by atoms with E-state index in [9.17, 15) is 0 Å². The lowest BCUT2D eigenvalue weighted by Gasteiger charge is -2.31. The first-order chi connectivity index (χ1) is 24.4. The van der Waals surface area contributed by atoms with E-state index in [0.29, 0.717) is 0 Å². The molecule has 0 bridgehead atoms. The minimum atomic E-state index is 1.43. The van der Waals surface area contributed by atoms with Gasteiger partial charge in [0.2, 0.25) is 0 Å². The number of fused-ring (bicyclic) bond motifs is 6. The zero-order valence-electron chi connectivity index (χ0n) is 35.0. The van der Waals surface area contributed by atoms with Crippen molar-refractivity contribution in [3.63, 3.8) is 0 Å². The van der Waals surface area contributed by atoms with E-state index in [0.717, 1.165) is 0 Å². The quantitative estimate of drug-likeness (QED) is 0.111. The third kappa shape index (κ3) is 3.39. The highest BCUT2D eigenvalue weighted by Gasteiger charge is 2.31. The summed E-state index contributed by atoms with van der Waals surface area (Å²) in [7, 11) is 0. The van der Waals surface area contributed by atoms with Crippen LogP contribution in [0.4, 0.5) is 0 Å². The molecule has 0 spiro atoms. The minimum Gasteiger partial charge on any atom is -0.0440 e. The molecule has 0 aromatic heterocycles. The summed E-state index contributed by atoms with van der Waals surface area (Å²) >= 11 is 0. The summed E-state index contributed by atoms with van der Waals surface area (Å²) < 4.78 is 0. The van der Waals surface area contributed by atoms with Crippen molar-refractivity contribution in [2.45, 2.75) is 125 Å². The minimum absolute atomic E-state index is 1.43. The van der Waals surface area contributed by atoms with Crippen molar-refractivity contribution in [3.8, 4) is 0 Å². The Morgan fingerprint density at radius 1 is 0.0962 bits per heavy atom. The molecule has 0 radical (unpaired) electrons. The van der Waals surface area contributed by atoms with Gasteiger partial charge in [0.1, 0.15) is 0 Å². The summed E-state index contributed by atoms with van der Waals surface area (Å²) in [5, 5.41) is 23.7. The van der Waals surface area contributed by atoms with Crippen molar-refractivity contribution >= 4 is 86.2 Å². The van der Waals surface area contributed by atoms with Gasteiger partial charge >= 0.3 is 0 Å². The van der Waals surface area contributed by atoms with Gasteiger partial charge in [0, 0.05) is 0 Å². The molecule has 0 aliphatic carbocycles. The smallest absolute Gasteiger partial charge is 0.000769 e. The van der Waals surface area contributed by atoms with Gasteiger partial charge in [0.25, 0.3) is 0 Å². The molecule has 0 amide bonds. The van der Waals surface area contributed by atoms with Gasteiger partial charge in [-0.05, 0) is 311 Å². The fourth-order valence-electron chi connectivity index (χ4n) is 11.5. The lowest BCUT2D eigenvalue weighted by molar-refractivity contribution is 1.27. The van der Waals surface area contributed by atoms with Crippen LogP contribution >= 0.6 is 0 Å². The number of rotatable bonds is 0. The highest BCUT2D eigenvalue weighted by atomic mass is 14.3. The average Bonchev–Trinajstić information content (AvgIpc) is 3.11. The van der Waals surface area contributed by atoms with Crippen molar-refractivity contribution in [2.75, 3.05) is 0 Å². The van der Waals surface area contributed by atoms with E-state index in [-0.39, 0.29) is 0 Å². The maximum atomic E-state index is 2.43. The summed E-state index contributed by atoms with van der Waals surface area (Å²) in [6, 6.07) is 0. The molecule has 262 valence electrons. The van der Waals surface area contributed by atoms with E-state index >= 15 is 0 Å². The largest absolute Gasteiger partial charge is 0.0440 e. The first kappa shape index (κ1) is 33.4. The molecule has 0 nitrogen and oxygen atoms in total. The second kappa shape index (κ2) is 10.2. The van der Waals surface area contributed by atoms with Gasteiger partial charge < -0.3 is 0 Å². The fraction of sp³-hybridized carbons (Fsp3) is 0.346. The molecule has 0 fully saturated rings. The molecular weight excluding hydrogens is 625 g/mol. The van der Waals surface area contributed by atoms with E-state index < -0.39 is 0 Å². The van der Waals surface area contributed by atoms with E-state index in [4.69, 9.17) is 0 Å². The zero-order valence-corrected chi connectivity index (χ0v) is 35.0. The molecule has 0 saturated heterocycles. The van der Waals surface area contributed by atoms with Crippen LogP contribution < -0.4 is 0 Å². The molecule has 0 saturated carbocycles. The fourth-order valence-corrected chi connectivity index (χ4v) is 11.5. The lowest BCUT2D eigenvalue weighted by atomic mass is 9.72. The molecule has 0 aliphatic heterocycles. The molecule has 9 aromatic carbocycles. The van der Waals surface area contributed by atoms with Crippen molar-refractivity contribution in [2.24, 2.45) is 0 Å². The summed E-state index contributed by atoms with van der Waals surface area (Å²) in [6.45, 7) is 43.1. The SMILES string of the molecule is Cc1c(C)c2c(C)c(C)c(C)c3c2c(c1C)c1c(C)c(C)c(C)c2c1c3c1c(C)c(C)c(C)c3c4c(C)c(C)c(C)c5c(C)c(C)c(C)c(c54)c2c31. The topological polar surface area (TPSA) is 0 Å². The predicted octanol–water partition coefficient (Wildman–Crippen LogP) is 15.3. The van der Waals surface area contributed by atoms with Crippen LogP contribution in [0.3, 0.4) is 0 Å². The van der Waals surface area contributed by atoms with Crippen molar-refractivity contribution in [1.29, 1.82) is 0 Å². The van der Waals surface area contributed by atoms with E-state index in [1.54, 1.807) is 0 Å². The van der Waals surface area contributed by atoms with Crippen LogP contribution in [-0.2, 0) is 0 Å². The molecule has 52 heavy (non-hydrogen) atoms. The standard InChI is InChI=1S/C52H54/c1-19-25(7)37-27(9)21(3)33(15)43-47(37)39(29(19)11)41-31(13)23(5)35(17)45-49(41)51(43)46-36(18)24(6)32(14)42-40-30(12)20(2)26(8)38-28(10)22(4)34(16)44(48(38)40)52(45)50(42)46/h1-18H3. The van der Waals surface area contributed by atoms with Crippen LogP contribution in [-0.4, -0.2) is 0 Å². The van der Waals surface area contributed by atoms with Gasteiger partial charge in [-0.25, -0.2) is 0 Å². The molecule has 9 rings (SSSR count). The third-order valence-corrected chi connectivity index (χ3v) is 15.8. The van der Waals surface area contributed by atoms with Gasteiger partial charge in [-0.2, -0.15) is 0 Å². The predicted molar refractivity (Wildman–Crippen MR) is 234 cm³/mol. The Morgan fingerprint density at radius 2 is 0.192 bits per heavy atom. The molecule has 0 unspecified atom stereocenters. The molecule has 0 heterocycles. The van der Waals surface area contributed by atoms with Gasteiger partial charge in [0.15, 0.2) is 0 Å². The third-order valence-electron chi connectivity index (χ3n) is 15.8. The molecule has 0 heteroatoms. The highest BCUT2D eigenvalue weighted by molar-refractivity contribution is 6.50. The van der Waals surface area contributed by atoms with Gasteiger partial charge in [-0.3, -0.25) is 0 Å². The van der Waals surface area contributed by atoms with E-state index in [1.807, 2.05) is 0 Å². The molecule has 0 aliphatic rings. The van der Waals surface area contributed by atoms with Crippen LogP contribution in [0, 0.1) is 125 Å². The van der Waals surface area contributed by atoms with Crippen LogP contribution in [0.2, 0.25) is 0 Å². The second-order valence-corrected chi connectivity index (χ2v) is 17.2. The number of hydrogen-bond donors (Lipinski definition) is 0. The van der Waals surface area contributed by atoms with Crippen molar-refractivity contribution < 1.29 is 0 Å². The van der Waals surface area contributed by atoms with Gasteiger partial charge in [-0.15, -0.1) is 0 Å². The number of hydrogen-bond acceptors (Lipinski definition) is 0. The number of aryl methyl sites for hydroxylation is 12. The summed E-state index contributed by atoms with van der Waals surface area (Å²) in [5.41, 5.74) is 25.9. The van der Waals surface area contributed by atoms with Crippen LogP contribution in [0.25, 0.3) is 86.2 Å². The average molecular weight is 679 g/mol. The molecule has 9 aromatic rings. The van der Waals surface area contributed by atoms with E-state index in [2.05, 4.69) is 125 Å². The maximum Gasteiger partial charge on any atom is -0.000769 e. The first-order valence-electron chi connectivity index (χ1n) is 19.5. The van der Waals surface area contributed by atoms with Crippen molar-refractivity contribution in [1.82, 2.24) is 0 Å². The Morgan fingerprint density at radius 3 is 0.346 bits per heavy atom. The summed E-state index contributed by atoms with van der Waals surface area (Å²) in [6.07, 6.45) is 0.